The summed E-state index contributed by atoms with van der Waals surface area (Å²) in [7, 11) is 0. The molecule has 1 aromatic rings. The minimum atomic E-state index is -0.284. The van der Waals surface area contributed by atoms with Gasteiger partial charge in [-0.3, -0.25) is 9.78 Å². The lowest BCUT2D eigenvalue weighted by Gasteiger charge is -2.31. The van der Waals surface area contributed by atoms with E-state index < -0.39 is 0 Å². The van der Waals surface area contributed by atoms with E-state index in [1.165, 1.54) is 6.20 Å². The number of rotatable bonds is 5. The summed E-state index contributed by atoms with van der Waals surface area (Å²) in [6.45, 7) is 5.18. The molecular weight excluding hydrogens is 270 g/mol. The highest BCUT2D eigenvalue weighted by Crippen LogP contribution is 2.16. The Kier molecular flexibility index (Phi) is 5.52. The normalized spacial score (nSPS) is 19.4. The van der Waals surface area contributed by atoms with Crippen molar-refractivity contribution in [2.45, 2.75) is 19.8 Å². The zero-order chi connectivity index (χ0) is 15.2. The monoisotopic (exact) mass is 293 g/mol. The molecule has 1 aromatic heterocycles. The number of nitrogens with zero attached hydrogens (tertiary/aromatic N) is 2. The molecule has 21 heavy (non-hydrogen) atoms. The fourth-order valence-electron chi connectivity index (χ4n) is 2.66. The Hall–Kier alpha value is -1.66. The molecule has 2 heterocycles. The van der Waals surface area contributed by atoms with Crippen molar-refractivity contribution >= 4 is 5.91 Å². The number of hydrogen-bond donors (Lipinski definition) is 3. The van der Waals surface area contributed by atoms with Crippen LogP contribution in [0.3, 0.4) is 0 Å². The number of amides is 1. The molecule has 116 valence electrons. The SMILES string of the molecule is Cc1cc(C(=O)NCCN2CCC[C@H](CO)C2)c(O)cn1. The van der Waals surface area contributed by atoms with Crippen molar-refractivity contribution in [3.8, 4) is 5.75 Å². The lowest BCUT2D eigenvalue weighted by molar-refractivity contribution is 0.0928. The Morgan fingerprint density at radius 3 is 3.14 bits per heavy atom. The van der Waals surface area contributed by atoms with E-state index in [0.717, 1.165) is 32.5 Å². The molecule has 0 radical (unpaired) electrons. The maximum Gasteiger partial charge on any atom is 0.255 e. The summed E-state index contributed by atoms with van der Waals surface area (Å²) in [6.07, 6.45) is 3.45. The molecule has 1 atom stereocenters. The summed E-state index contributed by atoms with van der Waals surface area (Å²) in [5.74, 6) is -0.0357. The number of carbonyl (C=O) groups excluding carboxylic acids is 1. The van der Waals surface area contributed by atoms with Crippen LogP contribution in [0, 0.1) is 12.8 Å². The number of pyridine rings is 1. The van der Waals surface area contributed by atoms with Crippen LogP contribution in [0.5, 0.6) is 5.75 Å². The topological polar surface area (TPSA) is 85.7 Å². The molecule has 6 nitrogen and oxygen atoms in total. The molecule has 0 aromatic carbocycles. The molecule has 0 spiro atoms. The fourth-order valence-corrected chi connectivity index (χ4v) is 2.66. The van der Waals surface area contributed by atoms with Gasteiger partial charge in [0, 0.05) is 31.9 Å². The number of carbonyl (C=O) groups is 1. The lowest BCUT2D eigenvalue weighted by atomic mass is 9.99. The first-order valence-corrected chi connectivity index (χ1v) is 7.37. The summed E-state index contributed by atoms with van der Waals surface area (Å²) in [5, 5.41) is 21.7. The van der Waals surface area contributed by atoms with Crippen LogP contribution in [0.15, 0.2) is 12.3 Å². The fraction of sp³-hybridized carbons (Fsp3) is 0.600. The molecule has 1 aliphatic rings. The predicted molar refractivity (Wildman–Crippen MR) is 79.2 cm³/mol. The molecule has 3 N–H and O–H groups in total. The van der Waals surface area contributed by atoms with Gasteiger partial charge in [0.25, 0.3) is 5.91 Å². The Morgan fingerprint density at radius 1 is 1.57 bits per heavy atom. The number of aliphatic hydroxyl groups excluding tert-OH is 1. The van der Waals surface area contributed by atoms with Crippen LogP contribution < -0.4 is 5.32 Å². The summed E-state index contributed by atoms with van der Waals surface area (Å²) < 4.78 is 0. The van der Waals surface area contributed by atoms with E-state index in [1.807, 2.05) is 0 Å². The van der Waals surface area contributed by atoms with Gasteiger partial charge in [-0.2, -0.15) is 0 Å². The zero-order valence-corrected chi connectivity index (χ0v) is 12.4. The van der Waals surface area contributed by atoms with Gasteiger partial charge >= 0.3 is 0 Å². The van der Waals surface area contributed by atoms with Gasteiger partial charge in [0.1, 0.15) is 5.75 Å². The standard InChI is InChI=1S/C15H23N3O3/c1-11-7-13(14(20)8-17-11)15(21)16-4-6-18-5-2-3-12(9-18)10-19/h7-8,12,19-20H,2-6,9-10H2,1H3,(H,16,21)/t12-/m0/s1. The third-order valence-corrected chi connectivity index (χ3v) is 3.84. The van der Waals surface area contributed by atoms with Crippen LogP contribution in [0.2, 0.25) is 0 Å². The van der Waals surface area contributed by atoms with Crippen molar-refractivity contribution < 1.29 is 15.0 Å². The Morgan fingerprint density at radius 2 is 2.38 bits per heavy atom. The maximum atomic E-state index is 12.0. The van der Waals surface area contributed by atoms with Gasteiger partial charge in [-0.05, 0) is 38.3 Å². The van der Waals surface area contributed by atoms with E-state index in [9.17, 15) is 15.0 Å². The number of nitrogens with one attached hydrogen (secondary N) is 1. The molecular formula is C15H23N3O3. The highest BCUT2D eigenvalue weighted by Gasteiger charge is 2.19. The number of aromatic hydroxyl groups is 1. The van der Waals surface area contributed by atoms with Crippen LogP contribution in [-0.2, 0) is 0 Å². The zero-order valence-electron chi connectivity index (χ0n) is 12.4. The first kappa shape index (κ1) is 15.7. The van der Waals surface area contributed by atoms with Gasteiger partial charge in [0.05, 0.1) is 11.8 Å². The minimum Gasteiger partial charge on any atom is -0.505 e. The molecule has 2 rings (SSSR count). The smallest absolute Gasteiger partial charge is 0.255 e. The lowest BCUT2D eigenvalue weighted by Crippen LogP contribution is -2.41. The molecule has 1 aliphatic heterocycles. The Balaban J connectivity index is 1.80. The highest BCUT2D eigenvalue weighted by molar-refractivity contribution is 5.96. The molecule has 0 unspecified atom stereocenters. The van der Waals surface area contributed by atoms with Crippen LogP contribution in [0.4, 0.5) is 0 Å². The van der Waals surface area contributed by atoms with E-state index in [4.69, 9.17) is 0 Å². The van der Waals surface area contributed by atoms with Crippen LogP contribution in [-0.4, -0.2) is 58.8 Å². The van der Waals surface area contributed by atoms with E-state index >= 15 is 0 Å². The molecule has 1 saturated heterocycles. The third kappa shape index (κ3) is 4.41. The Labute approximate surface area is 124 Å². The number of aryl methyl sites for hydroxylation is 1. The van der Waals surface area contributed by atoms with E-state index in [-0.39, 0.29) is 23.8 Å². The molecule has 0 bridgehead atoms. The van der Waals surface area contributed by atoms with Gasteiger partial charge in [-0.25, -0.2) is 0 Å². The average Bonchev–Trinajstić information content (AvgIpc) is 2.49. The van der Waals surface area contributed by atoms with E-state index in [2.05, 4.69) is 15.2 Å². The minimum absolute atomic E-state index is 0.101. The van der Waals surface area contributed by atoms with Crippen LogP contribution >= 0.6 is 0 Å². The van der Waals surface area contributed by atoms with Gasteiger partial charge < -0.3 is 20.4 Å². The van der Waals surface area contributed by atoms with Gasteiger partial charge in [-0.1, -0.05) is 0 Å². The molecule has 6 heteroatoms. The quantitative estimate of drug-likeness (QED) is 0.737. The van der Waals surface area contributed by atoms with E-state index in [0.29, 0.717) is 18.2 Å². The Bertz CT molecular complexity index is 493. The summed E-state index contributed by atoms with van der Waals surface area (Å²) in [5.41, 5.74) is 0.953. The molecule has 0 saturated carbocycles. The van der Waals surface area contributed by atoms with Crippen molar-refractivity contribution in [1.82, 2.24) is 15.2 Å². The second-order valence-corrected chi connectivity index (χ2v) is 5.59. The first-order valence-electron chi connectivity index (χ1n) is 7.37. The van der Waals surface area contributed by atoms with Crippen LogP contribution in [0.25, 0.3) is 0 Å². The van der Waals surface area contributed by atoms with E-state index in [1.54, 1.807) is 13.0 Å². The third-order valence-electron chi connectivity index (χ3n) is 3.84. The number of aromatic nitrogens is 1. The van der Waals surface area contributed by atoms with Gasteiger partial charge in [0.15, 0.2) is 0 Å². The highest BCUT2D eigenvalue weighted by atomic mass is 16.3. The molecule has 1 amide bonds. The summed E-state index contributed by atoms with van der Waals surface area (Å²) in [6, 6.07) is 1.58. The second kappa shape index (κ2) is 7.38. The molecule has 0 aliphatic carbocycles. The van der Waals surface area contributed by atoms with Crippen molar-refractivity contribution in [1.29, 1.82) is 0 Å². The van der Waals surface area contributed by atoms with Crippen molar-refractivity contribution in [3.63, 3.8) is 0 Å². The number of hydrogen-bond acceptors (Lipinski definition) is 5. The maximum absolute atomic E-state index is 12.0. The predicted octanol–water partition coefficient (Wildman–Crippen LogP) is 0.530. The largest absolute Gasteiger partial charge is 0.505 e. The first-order chi connectivity index (χ1) is 10.1. The average molecular weight is 293 g/mol. The molecule has 1 fully saturated rings. The number of likely N-dealkylation sites (tertiary alicyclic amines) is 1. The second-order valence-electron chi connectivity index (χ2n) is 5.59. The van der Waals surface area contributed by atoms with Gasteiger partial charge in [0.2, 0.25) is 0 Å². The number of aliphatic hydroxyl groups is 1. The van der Waals surface area contributed by atoms with Crippen LogP contribution in [0.1, 0.15) is 28.9 Å². The number of piperidine rings is 1. The summed E-state index contributed by atoms with van der Waals surface area (Å²) in [4.78, 5) is 18.2. The van der Waals surface area contributed by atoms with Crippen molar-refractivity contribution in [3.05, 3.63) is 23.5 Å². The van der Waals surface area contributed by atoms with Crippen molar-refractivity contribution in [2.24, 2.45) is 5.92 Å². The van der Waals surface area contributed by atoms with Gasteiger partial charge in [-0.15, -0.1) is 0 Å². The summed E-state index contributed by atoms with van der Waals surface area (Å²) >= 11 is 0. The van der Waals surface area contributed by atoms with Crippen molar-refractivity contribution in [2.75, 3.05) is 32.8 Å².